The molecule has 30 heavy (non-hydrogen) atoms. The molecule has 0 radical (unpaired) electrons. The van der Waals surface area contributed by atoms with Crippen LogP contribution in [0.25, 0.3) is 17.3 Å². The number of carbonyl (C=O) groups excluding carboxylic acids is 1. The van der Waals surface area contributed by atoms with E-state index in [9.17, 15) is 17.6 Å². The molecule has 0 saturated carbocycles. The van der Waals surface area contributed by atoms with Gasteiger partial charge in [0.2, 0.25) is 15.9 Å². The van der Waals surface area contributed by atoms with E-state index in [-0.39, 0.29) is 10.9 Å². The van der Waals surface area contributed by atoms with Crippen molar-refractivity contribution in [3.8, 4) is 11.3 Å². The summed E-state index contributed by atoms with van der Waals surface area (Å²) in [6.45, 7) is 0. The number of hydrogen-bond acceptors (Lipinski definition) is 5. The summed E-state index contributed by atoms with van der Waals surface area (Å²) in [5.41, 5.74) is 2.57. The Balaban J connectivity index is 1.66. The van der Waals surface area contributed by atoms with Crippen molar-refractivity contribution < 1.29 is 17.6 Å². The number of nitrogens with one attached hydrogen (secondary N) is 1. The number of amides is 1. The molecule has 0 aliphatic rings. The first-order valence-electron chi connectivity index (χ1n) is 8.57. The van der Waals surface area contributed by atoms with Crippen molar-refractivity contribution >= 4 is 55.8 Å². The van der Waals surface area contributed by atoms with Gasteiger partial charge in [-0.2, -0.15) is 0 Å². The molecule has 0 unspecified atom stereocenters. The minimum Gasteiger partial charge on any atom is -0.298 e. The molecule has 0 fully saturated rings. The van der Waals surface area contributed by atoms with Gasteiger partial charge in [-0.15, -0.1) is 11.3 Å². The summed E-state index contributed by atoms with van der Waals surface area (Å²) in [5, 5.41) is 4.84. The van der Waals surface area contributed by atoms with E-state index < -0.39 is 15.8 Å². The van der Waals surface area contributed by atoms with Crippen molar-refractivity contribution in [2.45, 2.75) is 0 Å². The summed E-state index contributed by atoms with van der Waals surface area (Å²) in [5.74, 6) is -0.911. The second-order valence-electron chi connectivity index (χ2n) is 6.31. The molecule has 3 aromatic rings. The average Bonchev–Trinajstić information content (AvgIpc) is 3.16. The van der Waals surface area contributed by atoms with Gasteiger partial charge in [0, 0.05) is 24.1 Å². The molecule has 1 heterocycles. The fourth-order valence-corrected chi connectivity index (χ4v) is 3.85. The normalized spacial score (nSPS) is 11.6. The summed E-state index contributed by atoms with van der Waals surface area (Å²) < 4.78 is 37.6. The Morgan fingerprint density at radius 1 is 1.23 bits per heavy atom. The third-order valence-corrected chi connectivity index (χ3v) is 6.38. The molecular weight excluding hydrogens is 449 g/mol. The van der Waals surface area contributed by atoms with Crippen molar-refractivity contribution in [2.75, 3.05) is 22.9 Å². The van der Waals surface area contributed by atoms with Crippen LogP contribution in [0.4, 0.5) is 15.2 Å². The van der Waals surface area contributed by atoms with Gasteiger partial charge in [0.15, 0.2) is 5.13 Å². The maximum absolute atomic E-state index is 13.2. The summed E-state index contributed by atoms with van der Waals surface area (Å²) >= 11 is 6.98. The second kappa shape index (κ2) is 8.95. The van der Waals surface area contributed by atoms with E-state index >= 15 is 0 Å². The third-order valence-electron chi connectivity index (χ3n) is 4.13. The van der Waals surface area contributed by atoms with Crippen LogP contribution in [0.5, 0.6) is 0 Å². The molecule has 3 rings (SSSR count). The molecule has 2 aromatic carbocycles. The molecular formula is C20H17ClFN3O3S2. The second-order valence-corrected chi connectivity index (χ2v) is 9.59. The third kappa shape index (κ3) is 5.44. The lowest BCUT2D eigenvalue weighted by atomic mass is 10.1. The van der Waals surface area contributed by atoms with Gasteiger partial charge in [0.1, 0.15) is 5.82 Å². The van der Waals surface area contributed by atoms with Crippen LogP contribution in [0.3, 0.4) is 0 Å². The average molecular weight is 466 g/mol. The zero-order valence-electron chi connectivity index (χ0n) is 16.0. The highest BCUT2D eigenvalue weighted by atomic mass is 35.5. The number of benzene rings is 2. The van der Waals surface area contributed by atoms with Crippen LogP contribution >= 0.6 is 22.9 Å². The van der Waals surface area contributed by atoms with E-state index in [2.05, 4.69) is 10.3 Å². The number of anilines is 2. The number of rotatable bonds is 6. The van der Waals surface area contributed by atoms with Gasteiger partial charge in [0.25, 0.3) is 0 Å². The zero-order chi connectivity index (χ0) is 21.9. The Hall–Kier alpha value is -2.75. The van der Waals surface area contributed by atoms with E-state index in [0.29, 0.717) is 22.1 Å². The van der Waals surface area contributed by atoms with Crippen LogP contribution in [0, 0.1) is 5.82 Å². The van der Waals surface area contributed by atoms with Gasteiger partial charge >= 0.3 is 0 Å². The first-order chi connectivity index (χ1) is 14.1. The van der Waals surface area contributed by atoms with E-state index in [1.54, 1.807) is 29.6 Å². The highest BCUT2D eigenvalue weighted by Crippen LogP contribution is 2.27. The lowest BCUT2D eigenvalue weighted by Crippen LogP contribution is -2.24. The minimum atomic E-state index is -3.33. The molecule has 10 heteroatoms. The summed E-state index contributed by atoms with van der Waals surface area (Å²) in [6.07, 6.45) is 3.96. The van der Waals surface area contributed by atoms with Crippen molar-refractivity contribution in [2.24, 2.45) is 0 Å². The minimum absolute atomic E-state index is 0.0177. The van der Waals surface area contributed by atoms with Gasteiger partial charge < -0.3 is 0 Å². The number of halogens is 2. The van der Waals surface area contributed by atoms with Crippen LogP contribution in [0.1, 0.15) is 5.56 Å². The lowest BCUT2D eigenvalue weighted by Gasteiger charge is -2.16. The summed E-state index contributed by atoms with van der Waals surface area (Å²) in [7, 11) is -1.85. The number of sulfonamides is 1. The maximum atomic E-state index is 13.2. The molecule has 0 aliphatic heterocycles. The smallest absolute Gasteiger partial charge is 0.250 e. The van der Waals surface area contributed by atoms with Crippen molar-refractivity contribution in [3.63, 3.8) is 0 Å². The van der Waals surface area contributed by atoms with E-state index in [4.69, 9.17) is 11.6 Å². The Labute approximate surface area is 182 Å². The van der Waals surface area contributed by atoms with Crippen molar-refractivity contribution in [1.29, 1.82) is 0 Å². The van der Waals surface area contributed by atoms with Crippen LogP contribution in [0.15, 0.2) is 53.9 Å². The molecule has 1 aromatic heterocycles. The summed E-state index contributed by atoms with van der Waals surface area (Å²) in [4.78, 5) is 16.5. The predicted molar refractivity (Wildman–Crippen MR) is 120 cm³/mol. The number of hydrogen-bond donors (Lipinski definition) is 1. The van der Waals surface area contributed by atoms with Crippen LogP contribution < -0.4 is 9.62 Å². The number of carbonyl (C=O) groups is 1. The molecule has 0 aliphatic carbocycles. The van der Waals surface area contributed by atoms with E-state index in [1.165, 1.54) is 53.0 Å². The standard InChI is InChI=1S/C20H17ClFN3O3S2/c1-25(30(2,27)28)15-7-5-14(6-8-15)18-12-29-20(23-18)24-19(26)10-4-13-3-9-17(22)16(21)11-13/h3-12H,1-2H3,(H,23,24,26)/b10-4+. The molecule has 156 valence electrons. The molecule has 1 amide bonds. The molecule has 6 nitrogen and oxygen atoms in total. The molecule has 0 spiro atoms. The monoisotopic (exact) mass is 465 g/mol. The van der Waals surface area contributed by atoms with Crippen molar-refractivity contribution in [1.82, 2.24) is 4.98 Å². The maximum Gasteiger partial charge on any atom is 0.250 e. The predicted octanol–water partition coefficient (Wildman–Crippen LogP) is 4.65. The van der Waals surface area contributed by atoms with Crippen molar-refractivity contribution in [3.05, 3.63) is 70.3 Å². The number of aromatic nitrogens is 1. The molecule has 0 atom stereocenters. The quantitative estimate of drug-likeness (QED) is 0.537. The van der Waals surface area contributed by atoms with Gasteiger partial charge in [-0.3, -0.25) is 14.4 Å². The van der Waals surface area contributed by atoms with Gasteiger partial charge in [-0.05, 0) is 35.9 Å². The lowest BCUT2D eigenvalue weighted by molar-refractivity contribution is -0.111. The largest absolute Gasteiger partial charge is 0.298 e. The highest BCUT2D eigenvalue weighted by Gasteiger charge is 2.12. The fraction of sp³-hybridized carbons (Fsp3) is 0.100. The molecule has 0 bridgehead atoms. The summed E-state index contributed by atoms with van der Waals surface area (Å²) in [6, 6.07) is 11.1. The Bertz CT molecular complexity index is 1210. The first kappa shape index (κ1) is 21.9. The Kier molecular flexibility index (Phi) is 6.55. The van der Waals surface area contributed by atoms with Crippen LogP contribution in [-0.2, 0) is 14.8 Å². The zero-order valence-corrected chi connectivity index (χ0v) is 18.4. The first-order valence-corrected chi connectivity index (χ1v) is 11.7. The molecule has 0 saturated heterocycles. The van der Waals surface area contributed by atoms with Gasteiger partial charge in [0.05, 0.1) is 22.7 Å². The topological polar surface area (TPSA) is 79.4 Å². The van der Waals surface area contributed by atoms with E-state index in [0.717, 1.165) is 11.8 Å². The highest BCUT2D eigenvalue weighted by molar-refractivity contribution is 7.92. The van der Waals surface area contributed by atoms with Gasteiger partial charge in [-0.25, -0.2) is 17.8 Å². The fourth-order valence-electron chi connectivity index (χ4n) is 2.43. The van der Waals surface area contributed by atoms with Crippen LogP contribution in [0.2, 0.25) is 5.02 Å². The van der Waals surface area contributed by atoms with E-state index in [1.807, 2.05) is 0 Å². The molecule has 1 N–H and O–H groups in total. The Morgan fingerprint density at radius 3 is 2.57 bits per heavy atom. The number of thiazole rings is 1. The number of nitrogens with zero attached hydrogens (tertiary/aromatic N) is 2. The van der Waals surface area contributed by atoms with Crippen LogP contribution in [-0.4, -0.2) is 32.6 Å². The SMILES string of the molecule is CN(c1ccc(-c2csc(NC(=O)/C=C/c3ccc(F)c(Cl)c3)n2)cc1)S(C)(=O)=O. The Morgan fingerprint density at radius 2 is 1.93 bits per heavy atom. The van der Waals surface area contributed by atoms with Gasteiger partial charge in [-0.1, -0.05) is 29.8 Å².